The first-order chi connectivity index (χ1) is 33.6. The van der Waals surface area contributed by atoms with Crippen LogP contribution in [0.25, 0.3) is 0 Å². The molecule has 3 unspecified atom stereocenters. The van der Waals surface area contributed by atoms with Gasteiger partial charge in [0.15, 0.2) is 0 Å². The molecule has 0 bridgehead atoms. The molecule has 3 atom stereocenters. The first kappa shape index (κ1) is 66.3. The average Bonchev–Trinajstić information content (AvgIpc) is 3.34. The van der Waals surface area contributed by atoms with Gasteiger partial charge in [-0.05, 0) is 83.5 Å². The molecule has 0 radical (unpaired) electrons. The van der Waals surface area contributed by atoms with E-state index in [9.17, 15) is 20.1 Å². The van der Waals surface area contributed by atoms with Gasteiger partial charge in [-0.2, -0.15) is 0 Å². The zero-order chi connectivity index (χ0) is 49.3. The summed E-state index contributed by atoms with van der Waals surface area (Å²) in [6.07, 6.45) is 77.2. The van der Waals surface area contributed by atoms with Crippen LogP contribution in [0.3, 0.4) is 0 Å². The van der Waals surface area contributed by atoms with E-state index < -0.39 is 18.2 Å². The lowest BCUT2D eigenvalue weighted by atomic mass is 10.0. The van der Waals surface area contributed by atoms with E-state index in [4.69, 9.17) is 0 Å². The molecular weight excluding hydrogens is 835 g/mol. The molecule has 400 valence electrons. The summed E-state index contributed by atoms with van der Waals surface area (Å²) in [5.41, 5.74) is 0. The van der Waals surface area contributed by atoms with E-state index in [1.54, 1.807) is 0 Å². The molecule has 0 spiro atoms. The standard InChI is InChI=1S/C63H119NO4/c1-3-5-7-9-11-13-15-17-19-21-23-24-25-26-27-28-29-30-31-32-33-34-35-36-37-38-40-42-44-46-48-50-52-54-56-58-62(67)64-60(59-65)63(68)61(66)57-55-53-51-49-47-45-43-41-39-22-20-18-16-14-12-10-8-6-4-2/h25-26,28-29,41,43,49,51,60-61,63,65-66,68H,3-24,27,30-40,42,44-48,50,52-59H2,1-2H3,(H,64,67)/b26-25-,29-28-,43-41+,51-49+. The maximum atomic E-state index is 12.5. The van der Waals surface area contributed by atoms with Gasteiger partial charge in [-0.15, -0.1) is 0 Å². The summed E-state index contributed by atoms with van der Waals surface area (Å²) >= 11 is 0. The molecular formula is C63H119NO4. The highest BCUT2D eigenvalue weighted by Gasteiger charge is 2.26. The number of aliphatic hydroxyl groups is 3. The third-order valence-electron chi connectivity index (χ3n) is 14.1. The highest BCUT2D eigenvalue weighted by Crippen LogP contribution is 2.17. The fourth-order valence-electron chi connectivity index (χ4n) is 9.45. The highest BCUT2D eigenvalue weighted by molar-refractivity contribution is 5.76. The number of nitrogens with one attached hydrogen (secondary N) is 1. The summed E-state index contributed by atoms with van der Waals surface area (Å²) in [4.78, 5) is 12.5. The molecule has 0 rings (SSSR count). The minimum atomic E-state index is -1.17. The molecule has 1 amide bonds. The van der Waals surface area contributed by atoms with Crippen molar-refractivity contribution in [1.29, 1.82) is 0 Å². The molecule has 4 N–H and O–H groups in total. The Hall–Kier alpha value is -1.69. The summed E-state index contributed by atoms with van der Waals surface area (Å²) in [6.45, 7) is 4.19. The molecule has 0 aromatic rings. The van der Waals surface area contributed by atoms with Gasteiger partial charge in [-0.3, -0.25) is 4.79 Å². The van der Waals surface area contributed by atoms with Crippen LogP contribution in [0, 0.1) is 0 Å². The summed E-state index contributed by atoms with van der Waals surface area (Å²) in [5, 5.41) is 33.7. The van der Waals surface area contributed by atoms with E-state index in [-0.39, 0.29) is 12.5 Å². The zero-order valence-corrected chi connectivity index (χ0v) is 45.7. The summed E-state index contributed by atoms with van der Waals surface area (Å²) in [6, 6.07) is -0.834. The van der Waals surface area contributed by atoms with Crippen molar-refractivity contribution in [2.24, 2.45) is 0 Å². The van der Waals surface area contributed by atoms with Crippen molar-refractivity contribution < 1.29 is 20.1 Å². The minimum Gasteiger partial charge on any atom is -0.394 e. The van der Waals surface area contributed by atoms with Crippen LogP contribution in [-0.4, -0.2) is 46.1 Å². The van der Waals surface area contributed by atoms with Crippen LogP contribution in [0.1, 0.15) is 322 Å². The van der Waals surface area contributed by atoms with Crippen LogP contribution in [0.4, 0.5) is 0 Å². The number of aliphatic hydroxyl groups excluding tert-OH is 3. The minimum absolute atomic E-state index is 0.155. The van der Waals surface area contributed by atoms with Crippen LogP contribution < -0.4 is 5.32 Å². The van der Waals surface area contributed by atoms with Crippen molar-refractivity contribution in [2.75, 3.05) is 6.61 Å². The largest absolute Gasteiger partial charge is 0.394 e. The Morgan fingerprint density at radius 1 is 0.368 bits per heavy atom. The average molecular weight is 955 g/mol. The molecule has 0 aliphatic rings. The van der Waals surface area contributed by atoms with E-state index in [2.05, 4.69) is 67.8 Å². The lowest BCUT2D eigenvalue weighted by Crippen LogP contribution is -2.50. The quantitative estimate of drug-likeness (QED) is 0.0361. The molecule has 0 saturated carbocycles. The van der Waals surface area contributed by atoms with Crippen molar-refractivity contribution in [3.8, 4) is 0 Å². The predicted octanol–water partition coefficient (Wildman–Crippen LogP) is 19.2. The summed E-state index contributed by atoms with van der Waals surface area (Å²) in [7, 11) is 0. The summed E-state index contributed by atoms with van der Waals surface area (Å²) in [5.74, 6) is -0.155. The number of hydrogen-bond donors (Lipinski definition) is 4. The Bertz CT molecular complexity index is 1100. The second-order valence-corrected chi connectivity index (χ2v) is 20.9. The smallest absolute Gasteiger partial charge is 0.220 e. The van der Waals surface area contributed by atoms with E-state index in [0.717, 1.165) is 51.4 Å². The van der Waals surface area contributed by atoms with Gasteiger partial charge >= 0.3 is 0 Å². The fourth-order valence-corrected chi connectivity index (χ4v) is 9.45. The second-order valence-electron chi connectivity index (χ2n) is 20.9. The lowest BCUT2D eigenvalue weighted by molar-refractivity contribution is -0.124. The molecule has 5 heteroatoms. The number of rotatable bonds is 56. The number of carbonyl (C=O) groups excluding carboxylic acids is 1. The van der Waals surface area contributed by atoms with Gasteiger partial charge in [-0.25, -0.2) is 0 Å². The topological polar surface area (TPSA) is 89.8 Å². The Labute approximate surface area is 425 Å². The van der Waals surface area contributed by atoms with Crippen molar-refractivity contribution >= 4 is 5.91 Å². The Morgan fingerprint density at radius 3 is 0.985 bits per heavy atom. The van der Waals surface area contributed by atoms with Gasteiger partial charge in [-0.1, -0.05) is 281 Å². The first-order valence-electron chi connectivity index (χ1n) is 30.4. The maximum absolute atomic E-state index is 12.5. The zero-order valence-electron chi connectivity index (χ0n) is 45.7. The molecule has 68 heavy (non-hydrogen) atoms. The molecule has 0 aromatic carbocycles. The van der Waals surface area contributed by atoms with Gasteiger partial charge in [0.1, 0.15) is 6.10 Å². The fraction of sp³-hybridized carbons (Fsp3) is 0.857. The second kappa shape index (κ2) is 57.9. The van der Waals surface area contributed by atoms with Crippen LogP contribution in [0.15, 0.2) is 48.6 Å². The van der Waals surface area contributed by atoms with Crippen LogP contribution in [0.2, 0.25) is 0 Å². The highest BCUT2D eigenvalue weighted by atomic mass is 16.3. The lowest BCUT2D eigenvalue weighted by Gasteiger charge is -2.26. The number of unbranched alkanes of at least 4 members (excludes halogenated alkanes) is 40. The van der Waals surface area contributed by atoms with Crippen LogP contribution >= 0.6 is 0 Å². The Morgan fingerprint density at radius 2 is 0.647 bits per heavy atom. The third-order valence-corrected chi connectivity index (χ3v) is 14.1. The molecule has 0 saturated heterocycles. The van der Waals surface area contributed by atoms with Gasteiger partial charge in [0.2, 0.25) is 5.91 Å². The maximum Gasteiger partial charge on any atom is 0.220 e. The first-order valence-corrected chi connectivity index (χ1v) is 30.4. The van der Waals surface area contributed by atoms with Crippen molar-refractivity contribution in [1.82, 2.24) is 5.32 Å². The van der Waals surface area contributed by atoms with Crippen molar-refractivity contribution in [2.45, 2.75) is 340 Å². The molecule has 0 aliphatic heterocycles. The molecule has 0 aromatic heterocycles. The van der Waals surface area contributed by atoms with Gasteiger partial charge in [0.05, 0.1) is 18.8 Å². The molecule has 0 aliphatic carbocycles. The van der Waals surface area contributed by atoms with Crippen molar-refractivity contribution in [3.05, 3.63) is 48.6 Å². The molecule has 0 heterocycles. The van der Waals surface area contributed by atoms with E-state index >= 15 is 0 Å². The van der Waals surface area contributed by atoms with Crippen LogP contribution in [0.5, 0.6) is 0 Å². The predicted molar refractivity (Wildman–Crippen MR) is 301 cm³/mol. The third kappa shape index (κ3) is 52.1. The van der Waals surface area contributed by atoms with Crippen LogP contribution in [-0.2, 0) is 4.79 Å². The number of allylic oxidation sites excluding steroid dienone is 8. The van der Waals surface area contributed by atoms with Crippen molar-refractivity contribution in [3.63, 3.8) is 0 Å². The number of carbonyl (C=O) groups is 1. The normalized spacial score (nSPS) is 13.5. The van der Waals surface area contributed by atoms with Gasteiger partial charge < -0.3 is 20.6 Å². The molecule has 5 nitrogen and oxygen atoms in total. The molecule has 0 fully saturated rings. The van der Waals surface area contributed by atoms with E-state index in [0.29, 0.717) is 12.8 Å². The monoisotopic (exact) mass is 954 g/mol. The van der Waals surface area contributed by atoms with Gasteiger partial charge in [0.25, 0.3) is 0 Å². The van der Waals surface area contributed by atoms with E-state index in [1.807, 2.05) is 0 Å². The Balaban J connectivity index is 3.53. The number of hydrogen-bond acceptors (Lipinski definition) is 4. The SMILES string of the molecule is CCCCCCCCCCCC/C=C/CC/C=C/CCCC(O)C(O)C(CO)NC(=O)CCCCCCCCCCCCCCCCCCC/C=C\C/C=C\CCCCCCCCCCCCC. The number of amides is 1. The van der Waals surface area contributed by atoms with Gasteiger partial charge in [0, 0.05) is 6.42 Å². The Kier molecular flexibility index (Phi) is 56.4. The summed E-state index contributed by atoms with van der Waals surface area (Å²) < 4.78 is 0. The van der Waals surface area contributed by atoms with E-state index in [1.165, 1.54) is 244 Å².